The average molecular weight is 410 g/mol. The van der Waals surface area contributed by atoms with Gasteiger partial charge < -0.3 is 10.1 Å². The van der Waals surface area contributed by atoms with Crippen molar-refractivity contribution in [1.82, 2.24) is 5.32 Å². The lowest BCUT2D eigenvalue weighted by molar-refractivity contribution is 0.0950. The number of amides is 1. The molecule has 7 heteroatoms. The SMILES string of the molecule is COc1cccc(CNC(=O)c2cccc(S(=O)(=O)Nc3ccc(C)cc3)c2)c1. The molecule has 29 heavy (non-hydrogen) atoms. The molecule has 0 aliphatic heterocycles. The number of sulfonamides is 1. The van der Waals surface area contributed by atoms with E-state index in [9.17, 15) is 13.2 Å². The Kier molecular flexibility index (Phi) is 6.19. The van der Waals surface area contributed by atoms with Crippen molar-refractivity contribution < 1.29 is 17.9 Å². The molecule has 0 aromatic heterocycles. The molecule has 3 aromatic carbocycles. The maximum Gasteiger partial charge on any atom is 0.261 e. The summed E-state index contributed by atoms with van der Waals surface area (Å²) >= 11 is 0. The zero-order chi connectivity index (χ0) is 20.9. The van der Waals surface area contributed by atoms with E-state index >= 15 is 0 Å². The molecule has 3 rings (SSSR count). The number of carbonyl (C=O) groups is 1. The lowest BCUT2D eigenvalue weighted by atomic mass is 10.2. The van der Waals surface area contributed by atoms with Gasteiger partial charge in [-0.05, 0) is 55.0 Å². The Bertz CT molecular complexity index is 1110. The molecule has 0 saturated carbocycles. The van der Waals surface area contributed by atoms with Gasteiger partial charge in [0, 0.05) is 17.8 Å². The molecule has 0 heterocycles. The van der Waals surface area contributed by atoms with Gasteiger partial charge in [0.05, 0.1) is 12.0 Å². The van der Waals surface area contributed by atoms with Crippen molar-refractivity contribution in [3.63, 3.8) is 0 Å². The fraction of sp³-hybridized carbons (Fsp3) is 0.136. The second-order valence-corrected chi connectivity index (χ2v) is 8.22. The number of hydrogen-bond acceptors (Lipinski definition) is 4. The van der Waals surface area contributed by atoms with Crippen LogP contribution in [-0.2, 0) is 16.6 Å². The van der Waals surface area contributed by atoms with Gasteiger partial charge >= 0.3 is 0 Å². The Hall–Kier alpha value is -3.32. The van der Waals surface area contributed by atoms with Crippen molar-refractivity contribution in [3.8, 4) is 5.75 Å². The van der Waals surface area contributed by atoms with Crippen LogP contribution < -0.4 is 14.8 Å². The monoisotopic (exact) mass is 410 g/mol. The van der Waals surface area contributed by atoms with Crippen molar-refractivity contribution in [1.29, 1.82) is 0 Å². The minimum absolute atomic E-state index is 0.0205. The van der Waals surface area contributed by atoms with Crippen LogP contribution in [0.3, 0.4) is 0 Å². The van der Waals surface area contributed by atoms with E-state index in [2.05, 4.69) is 10.0 Å². The Morgan fingerprint density at radius 1 is 0.966 bits per heavy atom. The number of rotatable bonds is 7. The van der Waals surface area contributed by atoms with Gasteiger partial charge in [0.2, 0.25) is 0 Å². The smallest absolute Gasteiger partial charge is 0.261 e. The largest absolute Gasteiger partial charge is 0.497 e. The zero-order valence-corrected chi connectivity index (χ0v) is 17.0. The third-order valence-corrected chi connectivity index (χ3v) is 5.68. The first-order chi connectivity index (χ1) is 13.9. The summed E-state index contributed by atoms with van der Waals surface area (Å²) in [5.74, 6) is 0.340. The second-order valence-electron chi connectivity index (χ2n) is 6.53. The first kappa shape index (κ1) is 20.4. The number of methoxy groups -OCH3 is 1. The molecule has 0 atom stereocenters. The number of anilines is 1. The number of aryl methyl sites for hydroxylation is 1. The van der Waals surface area contributed by atoms with Crippen LogP contribution in [0.1, 0.15) is 21.5 Å². The highest BCUT2D eigenvalue weighted by molar-refractivity contribution is 7.92. The molecule has 0 aliphatic rings. The highest BCUT2D eigenvalue weighted by Gasteiger charge is 2.16. The van der Waals surface area contributed by atoms with E-state index in [1.165, 1.54) is 12.1 Å². The molecule has 1 amide bonds. The van der Waals surface area contributed by atoms with Crippen LogP contribution in [-0.4, -0.2) is 21.4 Å². The predicted octanol–water partition coefficient (Wildman–Crippen LogP) is 3.73. The fourth-order valence-electron chi connectivity index (χ4n) is 2.71. The van der Waals surface area contributed by atoms with Crippen LogP contribution in [0.4, 0.5) is 5.69 Å². The van der Waals surface area contributed by atoms with E-state index in [1.807, 2.05) is 43.3 Å². The molecule has 3 aromatic rings. The molecule has 0 saturated heterocycles. The van der Waals surface area contributed by atoms with Crippen molar-refractivity contribution in [2.75, 3.05) is 11.8 Å². The maximum absolute atomic E-state index is 12.7. The van der Waals surface area contributed by atoms with Crippen LogP contribution in [0, 0.1) is 6.92 Å². The van der Waals surface area contributed by atoms with Crippen molar-refractivity contribution in [2.24, 2.45) is 0 Å². The van der Waals surface area contributed by atoms with Gasteiger partial charge in [-0.15, -0.1) is 0 Å². The molecular formula is C22H22N2O4S. The highest BCUT2D eigenvalue weighted by atomic mass is 32.2. The van der Waals surface area contributed by atoms with E-state index in [0.29, 0.717) is 18.0 Å². The van der Waals surface area contributed by atoms with E-state index in [4.69, 9.17) is 4.74 Å². The van der Waals surface area contributed by atoms with Gasteiger partial charge in [-0.1, -0.05) is 35.9 Å². The summed E-state index contributed by atoms with van der Waals surface area (Å²) in [6.45, 7) is 2.22. The Morgan fingerprint density at radius 2 is 1.69 bits per heavy atom. The van der Waals surface area contributed by atoms with Gasteiger partial charge in [0.1, 0.15) is 5.75 Å². The normalized spacial score (nSPS) is 11.0. The summed E-state index contributed by atoms with van der Waals surface area (Å²) in [5.41, 5.74) is 2.63. The third kappa shape index (κ3) is 5.36. The first-order valence-corrected chi connectivity index (χ1v) is 10.5. The Morgan fingerprint density at radius 3 is 2.41 bits per heavy atom. The predicted molar refractivity (Wildman–Crippen MR) is 113 cm³/mol. The molecule has 2 N–H and O–H groups in total. The summed E-state index contributed by atoms with van der Waals surface area (Å²) in [6, 6.07) is 20.3. The summed E-state index contributed by atoms with van der Waals surface area (Å²) in [5, 5.41) is 2.79. The summed E-state index contributed by atoms with van der Waals surface area (Å²) < 4.78 is 33.0. The average Bonchev–Trinajstić information content (AvgIpc) is 2.74. The number of ether oxygens (including phenoxy) is 1. The molecule has 0 bridgehead atoms. The third-order valence-electron chi connectivity index (χ3n) is 4.30. The number of benzene rings is 3. The molecule has 0 aliphatic carbocycles. The lowest BCUT2D eigenvalue weighted by Gasteiger charge is -2.10. The lowest BCUT2D eigenvalue weighted by Crippen LogP contribution is -2.23. The molecule has 0 spiro atoms. The van der Waals surface area contributed by atoms with Crippen molar-refractivity contribution in [2.45, 2.75) is 18.4 Å². The van der Waals surface area contributed by atoms with Gasteiger partial charge in [-0.3, -0.25) is 9.52 Å². The molecule has 0 fully saturated rings. The van der Waals surface area contributed by atoms with Crippen LogP contribution in [0.2, 0.25) is 0 Å². The Balaban J connectivity index is 1.72. The minimum atomic E-state index is -3.80. The zero-order valence-electron chi connectivity index (χ0n) is 16.2. The van der Waals surface area contributed by atoms with E-state index in [1.54, 1.807) is 31.4 Å². The van der Waals surface area contributed by atoms with E-state index in [-0.39, 0.29) is 16.4 Å². The second kappa shape index (κ2) is 8.79. The quantitative estimate of drug-likeness (QED) is 0.622. The van der Waals surface area contributed by atoms with Crippen molar-refractivity contribution >= 4 is 21.6 Å². The van der Waals surface area contributed by atoms with Crippen LogP contribution in [0.15, 0.2) is 77.7 Å². The highest BCUT2D eigenvalue weighted by Crippen LogP contribution is 2.18. The maximum atomic E-state index is 12.7. The number of nitrogens with one attached hydrogen (secondary N) is 2. The topological polar surface area (TPSA) is 84.5 Å². The van der Waals surface area contributed by atoms with Crippen LogP contribution in [0.25, 0.3) is 0 Å². The van der Waals surface area contributed by atoms with Gasteiger partial charge in [0.25, 0.3) is 15.9 Å². The fourth-order valence-corrected chi connectivity index (χ4v) is 3.81. The summed E-state index contributed by atoms with van der Waals surface area (Å²) in [7, 11) is -2.23. The van der Waals surface area contributed by atoms with Gasteiger partial charge in [-0.2, -0.15) is 0 Å². The molecule has 0 unspecified atom stereocenters. The van der Waals surface area contributed by atoms with E-state index in [0.717, 1.165) is 11.1 Å². The van der Waals surface area contributed by atoms with Crippen LogP contribution >= 0.6 is 0 Å². The summed E-state index contributed by atoms with van der Waals surface area (Å²) in [6.07, 6.45) is 0. The van der Waals surface area contributed by atoms with Crippen LogP contribution in [0.5, 0.6) is 5.75 Å². The molecular weight excluding hydrogens is 388 g/mol. The molecule has 150 valence electrons. The number of carbonyl (C=O) groups excluding carboxylic acids is 1. The van der Waals surface area contributed by atoms with E-state index < -0.39 is 10.0 Å². The Labute approximate surface area is 170 Å². The summed E-state index contributed by atoms with van der Waals surface area (Å²) in [4.78, 5) is 12.5. The first-order valence-electron chi connectivity index (χ1n) is 8.98. The van der Waals surface area contributed by atoms with Gasteiger partial charge in [0.15, 0.2) is 0 Å². The molecule has 0 radical (unpaired) electrons. The standard InChI is InChI=1S/C22H22N2O4S/c1-16-9-11-19(12-10-16)24-29(26,27)21-8-4-6-18(14-21)22(25)23-15-17-5-3-7-20(13-17)28-2/h3-14,24H,15H2,1-2H3,(H,23,25). The van der Waals surface area contributed by atoms with Gasteiger partial charge in [-0.25, -0.2) is 8.42 Å². The minimum Gasteiger partial charge on any atom is -0.497 e. The number of hydrogen-bond donors (Lipinski definition) is 2. The molecule has 6 nitrogen and oxygen atoms in total. The van der Waals surface area contributed by atoms with Crippen molar-refractivity contribution in [3.05, 3.63) is 89.5 Å².